The number of benzene rings is 1. The summed E-state index contributed by atoms with van der Waals surface area (Å²) in [5.41, 5.74) is 2.36. The average molecular weight is 398 g/mol. The molecule has 7 heteroatoms. The number of carbonyl (C=O) groups excluding carboxylic acids is 2. The fraction of sp³-hybridized carbons (Fsp3) is 0.429. The highest BCUT2D eigenvalue weighted by atomic mass is 32.1. The summed E-state index contributed by atoms with van der Waals surface area (Å²) in [7, 11) is 0. The molecule has 1 aromatic carbocycles. The summed E-state index contributed by atoms with van der Waals surface area (Å²) in [6, 6.07) is 12.1. The molecule has 2 saturated heterocycles. The molecule has 2 aromatic rings. The van der Waals surface area contributed by atoms with E-state index in [0.29, 0.717) is 19.6 Å². The number of nitrogens with one attached hydrogen (secondary N) is 2. The van der Waals surface area contributed by atoms with Crippen LogP contribution in [-0.2, 0) is 21.6 Å². The fourth-order valence-electron chi connectivity index (χ4n) is 4.45. The Morgan fingerprint density at radius 1 is 1.21 bits per heavy atom. The average Bonchev–Trinajstić information content (AvgIpc) is 3.36. The Hall–Kier alpha value is -2.38. The first kappa shape index (κ1) is 17.7. The van der Waals surface area contributed by atoms with Crippen LogP contribution in [0.1, 0.15) is 23.3 Å². The Morgan fingerprint density at radius 2 is 2.00 bits per heavy atom. The first-order valence-corrected chi connectivity index (χ1v) is 10.6. The lowest BCUT2D eigenvalue weighted by atomic mass is 9.85. The molecule has 5 rings (SSSR count). The summed E-state index contributed by atoms with van der Waals surface area (Å²) >= 11 is 1.83. The third-order valence-corrected chi connectivity index (χ3v) is 7.40. The van der Waals surface area contributed by atoms with Gasteiger partial charge in [0.1, 0.15) is 11.6 Å². The lowest BCUT2D eigenvalue weighted by Gasteiger charge is -2.44. The van der Waals surface area contributed by atoms with Gasteiger partial charge in [-0.05, 0) is 36.5 Å². The summed E-state index contributed by atoms with van der Waals surface area (Å²) in [5, 5.41) is 5.35. The molecule has 1 aromatic heterocycles. The number of thiophene rings is 1. The summed E-state index contributed by atoms with van der Waals surface area (Å²) in [5.74, 6) is 0.000358. The quantitative estimate of drug-likeness (QED) is 0.818. The van der Waals surface area contributed by atoms with Crippen LogP contribution in [0.2, 0.25) is 0 Å². The zero-order chi connectivity index (χ0) is 19.1. The van der Waals surface area contributed by atoms with E-state index in [1.54, 1.807) is 0 Å². The molecule has 6 nitrogen and oxygen atoms in total. The van der Waals surface area contributed by atoms with Gasteiger partial charge in [0.25, 0.3) is 0 Å². The van der Waals surface area contributed by atoms with Gasteiger partial charge in [0.2, 0.25) is 5.91 Å². The van der Waals surface area contributed by atoms with Crippen LogP contribution in [0.3, 0.4) is 0 Å². The number of urea groups is 1. The van der Waals surface area contributed by atoms with Crippen molar-refractivity contribution >= 4 is 23.3 Å². The van der Waals surface area contributed by atoms with Gasteiger partial charge in [0.15, 0.2) is 0 Å². The van der Waals surface area contributed by atoms with Crippen LogP contribution in [-0.4, -0.2) is 49.1 Å². The van der Waals surface area contributed by atoms with E-state index in [1.165, 1.54) is 20.9 Å². The van der Waals surface area contributed by atoms with E-state index >= 15 is 0 Å². The van der Waals surface area contributed by atoms with Crippen molar-refractivity contribution in [3.63, 3.8) is 0 Å². The SMILES string of the molecule is O=C1NCC(C(=O)N2CCC3(CC2)OCCc2cc(-c4ccccc4)sc23)N1. The molecular formula is C21H23N3O3S. The molecule has 28 heavy (non-hydrogen) atoms. The Bertz CT molecular complexity index is 903. The molecule has 0 bridgehead atoms. The van der Waals surface area contributed by atoms with Crippen LogP contribution in [0.25, 0.3) is 10.4 Å². The highest BCUT2D eigenvalue weighted by Crippen LogP contribution is 2.47. The molecule has 0 saturated carbocycles. The standard InChI is InChI=1S/C21H23N3O3S/c25-19(16-13-22-20(26)23-16)24-9-7-21(8-10-24)18-15(6-11-27-21)12-17(28-18)14-4-2-1-3-5-14/h1-5,12,16H,6-11,13H2,(H2,22,23,26). The summed E-state index contributed by atoms with van der Waals surface area (Å²) in [6.45, 7) is 2.41. The molecule has 3 aliphatic rings. The number of carbonyl (C=O) groups is 2. The number of hydrogen-bond acceptors (Lipinski definition) is 4. The molecule has 146 valence electrons. The number of amides is 3. The van der Waals surface area contributed by atoms with Gasteiger partial charge in [-0.25, -0.2) is 4.79 Å². The smallest absolute Gasteiger partial charge is 0.315 e. The van der Waals surface area contributed by atoms with E-state index in [1.807, 2.05) is 22.3 Å². The zero-order valence-electron chi connectivity index (χ0n) is 15.6. The predicted molar refractivity (Wildman–Crippen MR) is 107 cm³/mol. The van der Waals surface area contributed by atoms with Gasteiger partial charge in [-0.3, -0.25) is 4.79 Å². The first-order valence-electron chi connectivity index (χ1n) is 9.80. The van der Waals surface area contributed by atoms with Crippen molar-refractivity contribution in [3.8, 4) is 10.4 Å². The van der Waals surface area contributed by atoms with Crippen molar-refractivity contribution in [1.29, 1.82) is 0 Å². The number of likely N-dealkylation sites (tertiary alicyclic amines) is 1. The normalized spacial score (nSPS) is 23.2. The molecule has 0 aliphatic carbocycles. The third-order valence-electron chi connectivity index (χ3n) is 5.98. The van der Waals surface area contributed by atoms with Crippen LogP contribution in [0.4, 0.5) is 4.79 Å². The molecule has 3 amide bonds. The Labute approximate surface area is 167 Å². The topological polar surface area (TPSA) is 70.7 Å². The molecule has 2 fully saturated rings. The van der Waals surface area contributed by atoms with Gasteiger partial charge >= 0.3 is 6.03 Å². The highest BCUT2D eigenvalue weighted by molar-refractivity contribution is 7.15. The maximum Gasteiger partial charge on any atom is 0.315 e. The summed E-state index contributed by atoms with van der Waals surface area (Å²) in [4.78, 5) is 28.5. The van der Waals surface area contributed by atoms with Gasteiger partial charge < -0.3 is 20.3 Å². The van der Waals surface area contributed by atoms with E-state index in [4.69, 9.17) is 4.74 Å². The largest absolute Gasteiger partial charge is 0.369 e. The van der Waals surface area contributed by atoms with E-state index in [2.05, 4.69) is 41.0 Å². The molecule has 2 N–H and O–H groups in total. The van der Waals surface area contributed by atoms with Gasteiger partial charge in [0, 0.05) is 29.4 Å². The van der Waals surface area contributed by atoms with Crippen molar-refractivity contribution in [1.82, 2.24) is 15.5 Å². The van der Waals surface area contributed by atoms with Gasteiger partial charge in [-0.15, -0.1) is 11.3 Å². The fourth-order valence-corrected chi connectivity index (χ4v) is 5.87. The van der Waals surface area contributed by atoms with E-state index in [-0.39, 0.29) is 17.5 Å². The number of rotatable bonds is 2. The van der Waals surface area contributed by atoms with Crippen LogP contribution in [0, 0.1) is 0 Å². The molecular weight excluding hydrogens is 374 g/mol. The van der Waals surface area contributed by atoms with Crippen LogP contribution in [0.15, 0.2) is 36.4 Å². The first-order chi connectivity index (χ1) is 13.6. The second-order valence-corrected chi connectivity index (χ2v) is 8.71. The Morgan fingerprint density at radius 3 is 2.71 bits per heavy atom. The number of piperidine rings is 1. The van der Waals surface area contributed by atoms with E-state index in [0.717, 1.165) is 25.9 Å². The lowest BCUT2D eigenvalue weighted by molar-refractivity contribution is -0.141. The molecule has 1 atom stereocenters. The predicted octanol–water partition coefficient (Wildman–Crippen LogP) is 2.49. The summed E-state index contributed by atoms with van der Waals surface area (Å²) in [6.07, 6.45) is 2.55. The van der Waals surface area contributed by atoms with Crippen LogP contribution in [0.5, 0.6) is 0 Å². The van der Waals surface area contributed by atoms with E-state index < -0.39 is 6.04 Å². The van der Waals surface area contributed by atoms with Crippen molar-refractivity contribution in [3.05, 3.63) is 46.8 Å². The second kappa shape index (κ2) is 6.90. The maximum absolute atomic E-state index is 12.7. The molecule has 1 spiro atoms. The van der Waals surface area contributed by atoms with Gasteiger partial charge in [0.05, 0.1) is 6.61 Å². The number of fused-ring (bicyclic) bond motifs is 2. The van der Waals surface area contributed by atoms with E-state index in [9.17, 15) is 9.59 Å². The van der Waals surface area contributed by atoms with Crippen molar-refractivity contribution in [2.45, 2.75) is 30.9 Å². The third kappa shape index (κ3) is 2.99. The monoisotopic (exact) mass is 397 g/mol. The minimum Gasteiger partial charge on any atom is -0.369 e. The zero-order valence-corrected chi connectivity index (χ0v) is 16.4. The minimum atomic E-state index is -0.448. The Kier molecular flexibility index (Phi) is 4.36. The highest BCUT2D eigenvalue weighted by Gasteiger charge is 2.44. The van der Waals surface area contributed by atoms with Crippen molar-refractivity contribution in [2.24, 2.45) is 0 Å². The lowest BCUT2D eigenvalue weighted by Crippen LogP contribution is -2.52. The van der Waals surface area contributed by atoms with Crippen LogP contribution < -0.4 is 10.6 Å². The molecule has 4 heterocycles. The Balaban J connectivity index is 1.35. The summed E-state index contributed by atoms with van der Waals surface area (Å²) < 4.78 is 6.34. The number of nitrogens with zero attached hydrogens (tertiary/aromatic N) is 1. The van der Waals surface area contributed by atoms with Crippen molar-refractivity contribution in [2.75, 3.05) is 26.2 Å². The molecule has 1 unspecified atom stereocenters. The molecule has 0 radical (unpaired) electrons. The van der Waals surface area contributed by atoms with Crippen molar-refractivity contribution < 1.29 is 14.3 Å². The number of hydrogen-bond donors (Lipinski definition) is 2. The number of ether oxygens (including phenoxy) is 1. The maximum atomic E-state index is 12.7. The minimum absolute atomic E-state index is 0.000358. The van der Waals surface area contributed by atoms with Gasteiger partial charge in [-0.1, -0.05) is 30.3 Å². The van der Waals surface area contributed by atoms with Crippen LogP contribution >= 0.6 is 11.3 Å². The molecule has 3 aliphatic heterocycles. The second-order valence-electron chi connectivity index (χ2n) is 7.66. The van der Waals surface area contributed by atoms with Gasteiger partial charge in [-0.2, -0.15) is 0 Å².